The largest absolute Gasteiger partial charge is 0.397 e. The van der Waals surface area contributed by atoms with E-state index in [4.69, 9.17) is 5.73 Å². The van der Waals surface area contributed by atoms with E-state index < -0.39 is 0 Å². The van der Waals surface area contributed by atoms with Crippen LogP contribution in [-0.4, -0.2) is 12.6 Å². The first-order valence-electron chi connectivity index (χ1n) is 6.55. The number of hydrogen-bond donors (Lipinski definition) is 1. The lowest BCUT2D eigenvalue weighted by atomic mass is 9.93. The van der Waals surface area contributed by atoms with Gasteiger partial charge in [0.15, 0.2) is 0 Å². The van der Waals surface area contributed by atoms with Crippen LogP contribution in [0.2, 0.25) is 0 Å². The van der Waals surface area contributed by atoms with Crippen LogP contribution in [-0.2, 0) is 0 Å². The molecule has 2 N–H and O–H groups in total. The molecule has 1 aromatic carbocycles. The molecule has 92 valence electrons. The molecular formula is C15H22N2. The number of rotatable bonds is 4. The van der Waals surface area contributed by atoms with Crippen LogP contribution in [0, 0.1) is 0 Å². The summed E-state index contributed by atoms with van der Waals surface area (Å²) in [5.74, 6) is 0. The van der Waals surface area contributed by atoms with Gasteiger partial charge in [-0.15, -0.1) is 6.58 Å². The second kappa shape index (κ2) is 5.76. The molecule has 1 saturated carbocycles. The molecule has 0 spiro atoms. The van der Waals surface area contributed by atoms with Crippen molar-refractivity contribution in [1.29, 1.82) is 0 Å². The molecule has 1 aliphatic rings. The Hall–Kier alpha value is -1.44. The molecule has 0 aromatic heterocycles. The maximum atomic E-state index is 6.08. The Bertz CT molecular complexity index is 367. The summed E-state index contributed by atoms with van der Waals surface area (Å²) in [4.78, 5) is 2.42. The van der Waals surface area contributed by atoms with E-state index in [1.54, 1.807) is 0 Å². The van der Waals surface area contributed by atoms with Crippen molar-refractivity contribution < 1.29 is 0 Å². The maximum Gasteiger partial charge on any atom is 0.0605 e. The average molecular weight is 230 g/mol. The van der Waals surface area contributed by atoms with Crippen molar-refractivity contribution in [2.75, 3.05) is 17.2 Å². The Kier molecular flexibility index (Phi) is 4.08. The van der Waals surface area contributed by atoms with Crippen molar-refractivity contribution in [3.05, 3.63) is 36.9 Å². The second-order valence-corrected chi connectivity index (χ2v) is 4.79. The zero-order chi connectivity index (χ0) is 12.1. The quantitative estimate of drug-likeness (QED) is 0.632. The number of benzene rings is 1. The third-order valence-electron chi connectivity index (χ3n) is 3.59. The molecule has 1 aromatic rings. The molecule has 0 saturated heterocycles. The summed E-state index contributed by atoms with van der Waals surface area (Å²) in [6.45, 7) is 4.76. The first-order valence-corrected chi connectivity index (χ1v) is 6.55. The highest BCUT2D eigenvalue weighted by Crippen LogP contribution is 2.30. The number of nitrogens with two attached hydrogens (primary N) is 1. The van der Waals surface area contributed by atoms with Crippen molar-refractivity contribution in [3.63, 3.8) is 0 Å². The van der Waals surface area contributed by atoms with Crippen molar-refractivity contribution >= 4 is 11.4 Å². The molecule has 0 radical (unpaired) electrons. The molecule has 0 bridgehead atoms. The third kappa shape index (κ3) is 2.82. The van der Waals surface area contributed by atoms with E-state index in [0.29, 0.717) is 6.04 Å². The molecule has 0 amide bonds. The molecule has 0 atom stereocenters. The van der Waals surface area contributed by atoms with E-state index in [1.807, 2.05) is 18.2 Å². The number of hydrogen-bond acceptors (Lipinski definition) is 2. The Morgan fingerprint density at radius 2 is 1.94 bits per heavy atom. The van der Waals surface area contributed by atoms with Crippen LogP contribution in [0.3, 0.4) is 0 Å². The zero-order valence-corrected chi connectivity index (χ0v) is 10.4. The van der Waals surface area contributed by atoms with Crippen LogP contribution < -0.4 is 10.6 Å². The van der Waals surface area contributed by atoms with Gasteiger partial charge in [-0.3, -0.25) is 0 Å². The molecule has 1 fully saturated rings. The average Bonchev–Trinajstić information content (AvgIpc) is 2.38. The fourth-order valence-electron chi connectivity index (χ4n) is 2.73. The Balaban J connectivity index is 2.21. The van der Waals surface area contributed by atoms with E-state index in [0.717, 1.165) is 12.2 Å². The van der Waals surface area contributed by atoms with Crippen molar-refractivity contribution in [3.8, 4) is 0 Å². The zero-order valence-electron chi connectivity index (χ0n) is 10.4. The second-order valence-electron chi connectivity index (χ2n) is 4.79. The normalized spacial score (nSPS) is 16.7. The minimum atomic E-state index is 0.631. The minimum absolute atomic E-state index is 0.631. The number of para-hydroxylation sites is 2. The first-order chi connectivity index (χ1) is 8.33. The SMILES string of the molecule is C=CCN(c1ccccc1N)C1CCCCC1. The van der Waals surface area contributed by atoms with Crippen LogP contribution in [0.25, 0.3) is 0 Å². The maximum absolute atomic E-state index is 6.08. The van der Waals surface area contributed by atoms with E-state index in [1.165, 1.54) is 37.8 Å². The van der Waals surface area contributed by atoms with E-state index in [-0.39, 0.29) is 0 Å². The van der Waals surface area contributed by atoms with Gasteiger partial charge in [-0.2, -0.15) is 0 Å². The van der Waals surface area contributed by atoms with Gasteiger partial charge < -0.3 is 10.6 Å². The summed E-state index contributed by atoms with van der Waals surface area (Å²) >= 11 is 0. The van der Waals surface area contributed by atoms with E-state index in [9.17, 15) is 0 Å². The lowest BCUT2D eigenvalue weighted by Gasteiger charge is -2.36. The summed E-state index contributed by atoms with van der Waals surface area (Å²) in [6.07, 6.45) is 8.59. The molecule has 2 heteroatoms. The topological polar surface area (TPSA) is 29.3 Å². The van der Waals surface area contributed by atoms with Crippen LogP contribution in [0.1, 0.15) is 32.1 Å². The van der Waals surface area contributed by atoms with Gasteiger partial charge in [-0.05, 0) is 25.0 Å². The van der Waals surface area contributed by atoms with Gasteiger partial charge in [0.1, 0.15) is 0 Å². The fourth-order valence-corrected chi connectivity index (χ4v) is 2.73. The molecular weight excluding hydrogens is 208 g/mol. The van der Waals surface area contributed by atoms with Gasteiger partial charge in [-0.1, -0.05) is 37.5 Å². The van der Waals surface area contributed by atoms with Crippen LogP contribution >= 0.6 is 0 Å². The number of anilines is 2. The standard InChI is InChI=1S/C15H22N2/c1-2-12-17(13-8-4-3-5-9-13)15-11-7-6-10-14(15)16/h2,6-7,10-11,13H,1,3-5,8-9,12,16H2. The minimum Gasteiger partial charge on any atom is -0.397 e. The van der Waals surface area contributed by atoms with Gasteiger partial charge in [-0.25, -0.2) is 0 Å². The summed E-state index contributed by atoms with van der Waals surface area (Å²) in [5, 5.41) is 0. The molecule has 2 nitrogen and oxygen atoms in total. The summed E-state index contributed by atoms with van der Waals surface area (Å²) in [7, 11) is 0. The summed E-state index contributed by atoms with van der Waals surface area (Å²) in [6, 6.07) is 8.78. The number of nitrogen functional groups attached to an aromatic ring is 1. The molecule has 0 heterocycles. The third-order valence-corrected chi connectivity index (χ3v) is 3.59. The predicted molar refractivity (Wildman–Crippen MR) is 75.3 cm³/mol. The van der Waals surface area contributed by atoms with Gasteiger partial charge in [0, 0.05) is 12.6 Å². The van der Waals surface area contributed by atoms with Crippen molar-refractivity contribution in [2.45, 2.75) is 38.1 Å². The van der Waals surface area contributed by atoms with Gasteiger partial charge >= 0.3 is 0 Å². The molecule has 0 unspecified atom stereocenters. The van der Waals surface area contributed by atoms with Gasteiger partial charge in [0.25, 0.3) is 0 Å². The Morgan fingerprint density at radius 1 is 1.24 bits per heavy atom. The van der Waals surface area contributed by atoms with Crippen LogP contribution in [0.15, 0.2) is 36.9 Å². The van der Waals surface area contributed by atoms with E-state index in [2.05, 4.69) is 23.6 Å². The highest BCUT2D eigenvalue weighted by molar-refractivity contribution is 5.68. The monoisotopic (exact) mass is 230 g/mol. The van der Waals surface area contributed by atoms with E-state index >= 15 is 0 Å². The summed E-state index contributed by atoms with van der Waals surface area (Å²) < 4.78 is 0. The summed E-state index contributed by atoms with van der Waals surface area (Å²) in [5.41, 5.74) is 8.12. The molecule has 17 heavy (non-hydrogen) atoms. The molecule has 2 rings (SSSR count). The number of nitrogens with zero attached hydrogens (tertiary/aromatic N) is 1. The lowest BCUT2D eigenvalue weighted by molar-refractivity contribution is 0.422. The predicted octanol–water partition coefficient (Wildman–Crippen LogP) is 3.59. The first kappa shape index (κ1) is 12.0. The molecule has 1 aliphatic carbocycles. The smallest absolute Gasteiger partial charge is 0.0605 e. The van der Waals surface area contributed by atoms with Crippen molar-refractivity contribution in [1.82, 2.24) is 0 Å². The molecule has 0 aliphatic heterocycles. The van der Waals surface area contributed by atoms with Crippen LogP contribution in [0.5, 0.6) is 0 Å². The Labute approximate surface area is 104 Å². The fraction of sp³-hybridized carbons (Fsp3) is 0.467. The van der Waals surface area contributed by atoms with Gasteiger partial charge in [0.2, 0.25) is 0 Å². The highest BCUT2D eigenvalue weighted by Gasteiger charge is 2.21. The highest BCUT2D eigenvalue weighted by atomic mass is 15.2. The van der Waals surface area contributed by atoms with Gasteiger partial charge in [0.05, 0.1) is 11.4 Å². The lowest BCUT2D eigenvalue weighted by Crippen LogP contribution is -2.37. The Morgan fingerprint density at radius 3 is 2.59 bits per heavy atom. The van der Waals surface area contributed by atoms with Crippen LogP contribution in [0.4, 0.5) is 11.4 Å². The van der Waals surface area contributed by atoms with Crippen molar-refractivity contribution in [2.24, 2.45) is 0 Å².